The fourth-order valence-corrected chi connectivity index (χ4v) is 4.47. The van der Waals surface area contributed by atoms with Gasteiger partial charge in [-0.05, 0) is 75.9 Å². The lowest BCUT2D eigenvalue weighted by molar-refractivity contribution is 0.108. The molecule has 0 amide bonds. The number of nitrogens with zero attached hydrogens (tertiary/aromatic N) is 4. The van der Waals surface area contributed by atoms with Gasteiger partial charge in [-0.2, -0.15) is 0 Å². The third-order valence-electron chi connectivity index (χ3n) is 6.62. The van der Waals surface area contributed by atoms with E-state index >= 15 is 0 Å². The van der Waals surface area contributed by atoms with Crippen LogP contribution in [0.15, 0.2) is 48.8 Å². The van der Waals surface area contributed by atoms with Gasteiger partial charge < -0.3 is 29.3 Å². The van der Waals surface area contributed by atoms with E-state index in [0.717, 1.165) is 24.3 Å². The van der Waals surface area contributed by atoms with Crippen LogP contribution >= 0.6 is 0 Å². The number of aromatic nitrogens is 2. The zero-order chi connectivity index (χ0) is 26.9. The lowest BCUT2D eigenvalue weighted by Crippen LogP contribution is -2.41. The van der Waals surface area contributed by atoms with Crippen molar-refractivity contribution in [2.45, 2.75) is 32.1 Å². The van der Waals surface area contributed by atoms with E-state index in [4.69, 9.17) is 14.2 Å². The van der Waals surface area contributed by atoms with Crippen molar-refractivity contribution in [1.29, 1.82) is 0 Å². The SMILES string of the molecule is CNCOCc1cc(COc2cnc(Nc3ccc(N4CCC(N(C)C)CC4)cc3)nc2)c(F)c(OC)c1.[HH].[HH]. The minimum Gasteiger partial charge on any atom is -0.494 e. The molecule has 0 spiro atoms. The number of rotatable bonds is 12. The van der Waals surface area contributed by atoms with Gasteiger partial charge >= 0.3 is 0 Å². The summed E-state index contributed by atoms with van der Waals surface area (Å²) in [7, 11) is 7.53. The molecule has 0 saturated carbocycles. The lowest BCUT2D eigenvalue weighted by Gasteiger charge is -2.36. The number of methoxy groups -OCH3 is 1. The molecule has 1 aliphatic heterocycles. The summed E-state index contributed by atoms with van der Waals surface area (Å²) in [6.07, 6.45) is 5.47. The standard InChI is InChI=1S/C28H37FN6O3.2H2/c1-30-19-37-17-20-13-21(27(29)26(14-20)36-4)18-38-25-15-31-28(32-16-25)33-22-5-7-24(8-6-22)35-11-9-23(10-12-35)34(2)3;;/h5-8,13-16,23,30H,9-12,17-19H2,1-4H3,(H,31,32,33);2*1H. The van der Waals surface area contributed by atoms with E-state index in [1.165, 1.54) is 25.6 Å². The number of halogens is 1. The predicted molar refractivity (Wildman–Crippen MR) is 151 cm³/mol. The smallest absolute Gasteiger partial charge is 0.227 e. The van der Waals surface area contributed by atoms with Gasteiger partial charge in [0, 0.05) is 38.9 Å². The van der Waals surface area contributed by atoms with Crippen LogP contribution < -0.4 is 25.0 Å². The molecule has 4 rings (SSSR count). The van der Waals surface area contributed by atoms with Crippen LogP contribution in [0.3, 0.4) is 0 Å². The first-order valence-corrected chi connectivity index (χ1v) is 12.8. The molecule has 1 aromatic heterocycles. The van der Waals surface area contributed by atoms with Crippen molar-refractivity contribution >= 4 is 17.3 Å². The van der Waals surface area contributed by atoms with Crippen molar-refractivity contribution < 1.29 is 21.5 Å². The third kappa shape index (κ3) is 7.31. The second-order valence-corrected chi connectivity index (χ2v) is 9.50. The quantitative estimate of drug-likeness (QED) is 0.257. The zero-order valence-corrected chi connectivity index (χ0v) is 22.5. The number of benzene rings is 2. The molecular formula is C28H41FN6O3. The Morgan fingerprint density at radius 1 is 1.08 bits per heavy atom. The first kappa shape index (κ1) is 27.6. The average molecular weight is 529 g/mol. The van der Waals surface area contributed by atoms with Crippen molar-refractivity contribution in [1.82, 2.24) is 20.2 Å². The van der Waals surface area contributed by atoms with Gasteiger partial charge in [0.1, 0.15) is 6.61 Å². The molecule has 3 aromatic rings. The topological polar surface area (TPSA) is 84.0 Å². The Morgan fingerprint density at radius 2 is 1.79 bits per heavy atom. The van der Waals surface area contributed by atoms with Crippen LogP contribution in [-0.2, 0) is 18.0 Å². The van der Waals surface area contributed by atoms with Gasteiger partial charge in [0.15, 0.2) is 17.3 Å². The minimum absolute atomic E-state index is 0. The highest BCUT2D eigenvalue weighted by Gasteiger charge is 2.20. The van der Waals surface area contributed by atoms with Gasteiger partial charge in [-0.3, -0.25) is 5.32 Å². The summed E-state index contributed by atoms with van der Waals surface area (Å²) < 4.78 is 31.1. The Hall–Kier alpha value is -3.47. The van der Waals surface area contributed by atoms with E-state index in [0.29, 0.717) is 36.6 Å². The summed E-state index contributed by atoms with van der Waals surface area (Å²) in [5, 5.41) is 6.12. The Bertz CT molecular complexity index is 1160. The molecule has 1 aliphatic rings. The van der Waals surface area contributed by atoms with Gasteiger partial charge in [-0.25, -0.2) is 14.4 Å². The average Bonchev–Trinajstić information content (AvgIpc) is 2.94. The molecule has 0 radical (unpaired) electrons. The fraction of sp³-hybridized carbons (Fsp3) is 0.429. The number of hydrogen-bond acceptors (Lipinski definition) is 9. The van der Waals surface area contributed by atoms with Crippen LogP contribution in [0.25, 0.3) is 0 Å². The van der Waals surface area contributed by atoms with Crippen LogP contribution in [0.4, 0.5) is 21.7 Å². The predicted octanol–water partition coefficient (Wildman–Crippen LogP) is 4.66. The number of ether oxygens (including phenoxy) is 3. The molecule has 208 valence electrons. The van der Waals surface area contributed by atoms with Gasteiger partial charge in [-0.1, -0.05) is 0 Å². The van der Waals surface area contributed by atoms with Gasteiger partial charge in [0.2, 0.25) is 5.95 Å². The van der Waals surface area contributed by atoms with Crippen LogP contribution in [-0.4, -0.2) is 69.0 Å². The molecule has 2 N–H and O–H groups in total. The molecular weight excluding hydrogens is 487 g/mol. The molecule has 9 nitrogen and oxygen atoms in total. The Labute approximate surface area is 226 Å². The van der Waals surface area contributed by atoms with Crippen molar-refractivity contribution in [2.75, 3.05) is 58.3 Å². The number of piperidine rings is 1. The molecule has 2 aromatic carbocycles. The number of nitrogens with one attached hydrogen (secondary N) is 2. The fourth-order valence-electron chi connectivity index (χ4n) is 4.47. The van der Waals surface area contributed by atoms with E-state index < -0.39 is 5.82 Å². The maximum Gasteiger partial charge on any atom is 0.227 e. The number of anilines is 3. The second kappa shape index (κ2) is 13.4. The van der Waals surface area contributed by atoms with Crippen LogP contribution in [0.1, 0.15) is 26.8 Å². The highest BCUT2D eigenvalue weighted by atomic mass is 19.1. The molecule has 0 bridgehead atoms. The van der Waals surface area contributed by atoms with Crippen LogP contribution in [0.2, 0.25) is 0 Å². The summed E-state index contributed by atoms with van der Waals surface area (Å²) in [5.74, 6) is 0.569. The third-order valence-corrected chi connectivity index (χ3v) is 6.62. The van der Waals surface area contributed by atoms with Gasteiger partial charge in [0.25, 0.3) is 0 Å². The lowest BCUT2D eigenvalue weighted by atomic mass is 10.0. The summed E-state index contributed by atoms with van der Waals surface area (Å²) in [4.78, 5) is 13.4. The minimum atomic E-state index is -0.463. The van der Waals surface area contributed by atoms with Crippen LogP contribution in [0, 0.1) is 5.82 Å². The normalized spacial score (nSPS) is 14.1. The summed E-state index contributed by atoms with van der Waals surface area (Å²) in [6.45, 7) is 2.84. The first-order valence-electron chi connectivity index (χ1n) is 12.8. The summed E-state index contributed by atoms with van der Waals surface area (Å²) in [6, 6.07) is 12.3. The molecule has 0 aliphatic carbocycles. The van der Waals surface area contributed by atoms with Crippen LogP contribution in [0.5, 0.6) is 11.5 Å². The van der Waals surface area contributed by atoms with Gasteiger partial charge in [-0.15, -0.1) is 0 Å². The molecule has 1 fully saturated rings. The molecule has 2 heterocycles. The van der Waals surface area contributed by atoms with Gasteiger partial charge in [0.05, 0.1) is 32.8 Å². The van der Waals surface area contributed by atoms with E-state index in [2.05, 4.69) is 56.6 Å². The van der Waals surface area contributed by atoms with Crippen molar-refractivity contribution in [2.24, 2.45) is 0 Å². The highest BCUT2D eigenvalue weighted by molar-refractivity contribution is 5.59. The molecule has 10 heteroatoms. The van der Waals surface area contributed by atoms with Crippen molar-refractivity contribution in [3.8, 4) is 11.5 Å². The maximum atomic E-state index is 14.7. The Kier molecular flexibility index (Phi) is 9.69. The maximum absolute atomic E-state index is 14.7. The Balaban J connectivity index is 0.00000280. The van der Waals surface area contributed by atoms with E-state index in [1.54, 1.807) is 31.6 Å². The van der Waals surface area contributed by atoms with E-state index in [-0.39, 0.29) is 15.2 Å². The number of hydrogen-bond donors (Lipinski definition) is 2. The molecule has 1 saturated heterocycles. The summed E-state index contributed by atoms with van der Waals surface area (Å²) in [5.41, 5.74) is 3.27. The second-order valence-electron chi connectivity index (χ2n) is 9.50. The molecule has 0 atom stereocenters. The largest absolute Gasteiger partial charge is 0.494 e. The van der Waals surface area contributed by atoms with Crippen molar-refractivity contribution in [3.63, 3.8) is 0 Å². The summed E-state index contributed by atoms with van der Waals surface area (Å²) >= 11 is 0. The highest BCUT2D eigenvalue weighted by Crippen LogP contribution is 2.26. The van der Waals surface area contributed by atoms with Crippen molar-refractivity contribution in [3.05, 3.63) is 65.7 Å². The van der Waals surface area contributed by atoms with E-state index in [1.807, 2.05) is 12.1 Å². The monoisotopic (exact) mass is 528 g/mol. The van der Waals surface area contributed by atoms with E-state index in [9.17, 15) is 4.39 Å². The first-order chi connectivity index (χ1) is 18.5. The Morgan fingerprint density at radius 3 is 2.42 bits per heavy atom. The zero-order valence-electron chi connectivity index (χ0n) is 22.5. The molecule has 0 unspecified atom stereocenters. The molecule has 38 heavy (non-hydrogen) atoms.